The van der Waals surface area contributed by atoms with E-state index in [0.29, 0.717) is 23.4 Å². The van der Waals surface area contributed by atoms with Gasteiger partial charge in [-0.25, -0.2) is 4.79 Å². The number of carboxylic acid groups (broad SMARTS) is 1. The van der Waals surface area contributed by atoms with E-state index in [1.54, 1.807) is 0 Å². The van der Waals surface area contributed by atoms with Crippen molar-refractivity contribution in [3.8, 4) is 0 Å². The van der Waals surface area contributed by atoms with Gasteiger partial charge in [-0.3, -0.25) is 0 Å². The fourth-order valence-corrected chi connectivity index (χ4v) is 1.70. The van der Waals surface area contributed by atoms with E-state index in [0.717, 1.165) is 6.07 Å². The van der Waals surface area contributed by atoms with Crippen LogP contribution in [0.2, 0.25) is 0 Å². The first kappa shape index (κ1) is 13.0. The Morgan fingerprint density at radius 1 is 1.38 bits per heavy atom. The van der Waals surface area contributed by atoms with Crippen molar-refractivity contribution < 1.29 is 23.1 Å². The minimum atomic E-state index is -4.52. The van der Waals surface area contributed by atoms with Gasteiger partial charge in [0.15, 0.2) is 0 Å². The summed E-state index contributed by atoms with van der Waals surface area (Å²) in [7, 11) is 0. The van der Waals surface area contributed by atoms with Crippen LogP contribution in [-0.4, -0.2) is 16.4 Å². The molecule has 0 radical (unpaired) electrons. The summed E-state index contributed by atoms with van der Waals surface area (Å²) < 4.78 is 37.0. The van der Waals surface area contributed by atoms with E-state index in [1.807, 2.05) is 0 Å². The van der Waals surface area contributed by atoms with Crippen LogP contribution in [0, 0.1) is 0 Å². The molecule has 0 heterocycles. The summed E-state index contributed by atoms with van der Waals surface area (Å²) in [5.74, 6) is -1.35. The number of rotatable bonds is 3. The second kappa shape index (κ2) is 4.86. The van der Waals surface area contributed by atoms with Crippen LogP contribution < -0.4 is 0 Å². The molecule has 0 atom stereocenters. The Morgan fingerprint density at radius 2 is 2.00 bits per heavy atom. The van der Waals surface area contributed by atoms with Crippen LogP contribution in [0.3, 0.4) is 0 Å². The highest BCUT2D eigenvalue weighted by Gasteiger charge is 2.31. The molecule has 1 aromatic rings. The van der Waals surface area contributed by atoms with Gasteiger partial charge in [0.05, 0.1) is 11.1 Å². The first-order valence-corrected chi connectivity index (χ1v) is 5.47. The van der Waals surface area contributed by atoms with Crippen molar-refractivity contribution in [2.75, 3.05) is 5.33 Å². The van der Waals surface area contributed by atoms with E-state index in [9.17, 15) is 18.0 Å². The Morgan fingerprint density at radius 3 is 2.44 bits per heavy atom. The third kappa shape index (κ3) is 2.98. The predicted octanol–water partition coefficient (Wildman–Crippen LogP) is 3.34. The van der Waals surface area contributed by atoms with Gasteiger partial charge in [-0.05, 0) is 24.1 Å². The molecule has 0 fully saturated rings. The highest BCUT2D eigenvalue weighted by molar-refractivity contribution is 9.09. The third-order valence-electron chi connectivity index (χ3n) is 2.03. The number of carbonyl (C=O) groups is 1. The van der Waals surface area contributed by atoms with Crippen LogP contribution in [0.5, 0.6) is 0 Å². The minimum absolute atomic E-state index is 0.297. The van der Waals surface area contributed by atoms with E-state index in [2.05, 4.69) is 15.9 Å². The van der Waals surface area contributed by atoms with E-state index in [4.69, 9.17) is 5.11 Å². The molecule has 88 valence electrons. The molecule has 0 aliphatic rings. The number of benzene rings is 1. The predicted molar refractivity (Wildman–Crippen MR) is 55.9 cm³/mol. The molecular formula is C10H8BrF3O2. The molecular weight excluding hydrogens is 289 g/mol. The van der Waals surface area contributed by atoms with Crippen LogP contribution in [0.25, 0.3) is 0 Å². The Balaban J connectivity index is 3.23. The van der Waals surface area contributed by atoms with Crippen molar-refractivity contribution in [2.45, 2.75) is 12.6 Å². The first-order chi connectivity index (χ1) is 7.36. The molecule has 2 nitrogen and oxygen atoms in total. The molecule has 0 bridgehead atoms. The van der Waals surface area contributed by atoms with Gasteiger partial charge in [0.1, 0.15) is 0 Å². The summed E-state index contributed by atoms with van der Waals surface area (Å²) in [6.07, 6.45) is -4.14. The van der Waals surface area contributed by atoms with Gasteiger partial charge in [0.25, 0.3) is 0 Å². The van der Waals surface area contributed by atoms with Crippen LogP contribution in [0.1, 0.15) is 21.5 Å². The number of aryl methyl sites for hydroxylation is 1. The van der Waals surface area contributed by atoms with Gasteiger partial charge in [-0.15, -0.1) is 0 Å². The normalized spacial score (nSPS) is 11.5. The van der Waals surface area contributed by atoms with Crippen molar-refractivity contribution in [1.82, 2.24) is 0 Å². The zero-order valence-electron chi connectivity index (χ0n) is 8.01. The number of halogens is 4. The second-order valence-corrected chi connectivity index (χ2v) is 3.91. The van der Waals surface area contributed by atoms with Gasteiger partial charge in [0, 0.05) is 5.33 Å². The van der Waals surface area contributed by atoms with Crippen molar-refractivity contribution >= 4 is 21.9 Å². The lowest BCUT2D eigenvalue weighted by Gasteiger charge is -2.10. The first-order valence-electron chi connectivity index (χ1n) is 4.35. The van der Waals surface area contributed by atoms with E-state index in [1.165, 1.54) is 6.07 Å². The summed E-state index contributed by atoms with van der Waals surface area (Å²) in [5, 5.41) is 9.30. The lowest BCUT2D eigenvalue weighted by Crippen LogP contribution is -2.10. The zero-order valence-corrected chi connectivity index (χ0v) is 9.60. The van der Waals surface area contributed by atoms with Crippen molar-refractivity contribution in [3.05, 3.63) is 34.9 Å². The number of hydrogen-bond acceptors (Lipinski definition) is 1. The lowest BCUT2D eigenvalue weighted by atomic mass is 10.0. The van der Waals surface area contributed by atoms with Crippen LogP contribution >= 0.6 is 15.9 Å². The number of hydrogen-bond donors (Lipinski definition) is 1. The third-order valence-corrected chi connectivity index (χ3v) is 2.43. The molecule has 0 aliphatic heterocycles. The number of aromatic carboxylic acids is 1. The molecule has 16 heavy (non-hydrogen) atoms. The quantitative estimate of drug-likeness (QED) is 0.869. The standard InChI is InChI=1S/C10H8BrF3O2/c11-4-3-6-1-2-7(10(12,13)14)5-8(6)9(15)16/h1-2,5H,3-4H2,(H,15,16). The summed E-state index contributed by atoms with van der Waals surface area (Å²) >= 11 is 3.11. The Labute approximate surface area is 98.2 Å². The smallest absolute Gasteiger partial charge is 0.416 e. The molecule has 0 amide bonds. The highest BCUT2D eigenvalue weighted by atomic mass is 79.9. The molecule has 0 saturated heterocycles. The summed E-state index contributed by atoms with van der Waals surface area (Å²) in [6.45, 7) is 0. The van der Waals surface area contributed by atoms with Crippen LogP contribution in [-0.2, 0) is 12.6 Å². The SMILES string of the molecule is O=C(O)c1cc(C(F)(F)F)ccc1CCBr. The van der Waals surface area contributed by atoms with Gasteiger partial charge in [-0.1, -0.05) is 22.0 Å². The van der Waals surface area contributed by atoms with Gasteiger partial charge >= 0.3 is 12.1 Å². The van der Waals surface area contributed by atoms with Crippen LogP contribution in [0.4, 0.5) is 13.2 Å². The summed E-state index contributed by atoms with van der Waals surface area (Å²) in [6, 6.07) is 2.76. The summed E-state index contributed by atoms with van der Waals surface area (Å²) in [4.78, 5) is 10.8. The Bertz CT molecular complexity index is 402. The largest absolute Gasteiger partial charge is 0.478 e. The molecule has 0 aliphatic carbocycles. The molecule has 0 spiro atoms. The monoisotopic (exact) mass is 296 g/mol. The maximum atomic E-state index is 12.3. The fraction of sp³-hybridized carbons (Fsp3) is 0.300. The second-order valence-electron chi connectivity index (χ2n) is 3.11. The van der Waals surface area contributed by atoms with Gasteiger partial charge < -0.3 is 5.11 Å². The van der Waals surface area contributed by atoms with Gasteiger partial charge in [0.2, 0.25) is 0 Å². The van der Waals surface area contributed by atoms with Crippen LogP contribution in [0.15, 0.2) is 18.2 Å². The average Bonchev–Trinajstić information content (AvgIpc) is 2.16. The molecule has 0 saturated carbocycles. The van der Waals surface area contributed by atoms with Crippen molar-refractivity contribution in [2.24, 2.45) is 0 Å². The molecule has 1 aromatic carbocycles. The fourth-order valence-electron chi connectivity index (χ4n) is 1.27. The topological polar surface area (TPSA) is 37.3 Å². The molecule has 0 unspecified atom stereocenters. The number of alkyl halides is 4. The minimum Gasteiger partial charge on any atom is -0.478 e. The highest BCUT2D eigenvalue weighted by Crippen LogP contribution is 2.30. The van der Waals surface area contributed by atoms with Crippen molar-refractivity contribution in [3.63, 3.8) is 0 Å². The van der Waals surface area contributed by atoms with Gasteiger partial charge in [-0.2, -0.15) is 13.2 Å². The lowest BCUT2D eigenvalue weighted by molar-refractivity contribution is -0.137. The average molecular weight is 297 g/mol. The Kier molecular flexibility index (Phi) is 3.96. The van der Waals surface area contributed by atoms with E-state index < -0.39 is 17.7 Å². The Hall–Kier alpha value is -1.04. The molecule has 1 N–H and O–H groups in total. The zero-order chi connectivity index (χ0) is 12.3. The summed E-state index contributed by atoms with van der Waals surface area (Å²) in [5.41, 5.74) is -0.852. The molecule has 6 heteroatoms. The van der Waals surface area contributed by atoms with E-state index in [-0.39, 0.29) is 5.56 Å². The maximum absolute atomic E-state index is 12.3. The number of carboxylic acids is 1. The maximum Gasteiger partial charge on any atom is 0.416 e. The molecule has 1 rings (SSSR count). The van der Waals surface area contributed by atoms with Crippen molar-refractivity contribution in [1.29, 1.82) is 0 Å². The van der Waals surface area contributed by atoms with E-state index >= 15 is 0 Å². The molecule has 0 aromatic heterocycles.